The quantitative estimate of drug-likeness (QED) is 0.322. The Kier molecular flexibility index (Phi) is 7.84. The molecule has 5 nitrogen and oxygen atoms in total. The Bertz CT molecular complexity index is 888. The number of rotatable bonds is 11. The molecular weight excluding hydrogens is 376 g/mol. The fourth-order valence-corrected chi connectivity index (χ4v) is 3.19. The number of benzene rings is 1. The highest BCUT2D eigenvalue weighted by molar-refractivity contribution is 5.97. The number of ether oxygens (including phenoxy) is 1. The summed E-state index contributed by atoms with van der Waals surface area (Å²) in [4.78, 5) is 33.9. The largest absolute Gasteiger partial charge is 0.494 e. The summed E-state index contributed by atoms with van der Waals surface area (Å²) in [6.07, 6.45) is 5.68. The van der Waals surface area contributed by atoms with Crippen LogP contribution in [-0.2, 0) is 0 Å². The molecule has 0 bridgehead atoms. The van der Waals surface area contributed by atoms with Crippen molar-refractivity contribution >= 4 is 11.6 Å². The number of carbonyl (C=O) groups excluding carboxylic acids is 2. The lowest BCUT2D eigenvalue weighted by molar-refractivity contribution is 0.0939. The monoisotopic (exact) mass is 402 g/mol. The van der Waals surface area contributed by atoms with Crippen molar-refractivity contribution in [3.05, 3.63) is 90.0 Å². The van der Waals surface area contributed by atoms with E-state index in [1.54, 1.807) is 48.8 Å². The van der Waals surface area contributed by atoms with E-state index in [2.05, 4.69) is 16.9 Å². The fourth-order valence-electron chi connectivity index (χ4n) is 3.19. The molecule has 0 aliphatic carbocycles. The molecule has 0 saturated heterocycles. The van der Waals surface area contributed by atoms with Crippen LogP contribution in [0.3, 0.4) is 0 Å². The molecule has 154 valence electrons. The summed E-state index contributed by atoms with van der Waals surface area (Å²) in [5.41, 5.74) is 1.74. The molecule has 3 rings (SSSR count). The van der Waals surface area contributed by atoms with E-state index in [0.29, 0.717) is 18.0 Å². The number of pyridine rings is 2. The average molecular weight is 402 g/mol. The lowest BCUT2D eigenvalue weighted by atomic mass is 9.87. The Morgan fingerprint density at radius 3 is 1.87 bits per heavy atom. The average Bonchev–Trinajstić information content (AvgIpc) is 2.80. The topological polar surface area (TPSA) is 69.2 Å². The van der Waals surface area contributed by atoms with Gasteiger partial charge in [0.25, 0.3) is 0 Å². The number of hydrogen-bond donors (Lipinski definition) is 0. The van der Waals surface area contributed by atoms with Gasteiger partial charge in [0.1, 0.15) is 17.1 Å². The van der Waals surface area contributed by atoms with E-state index in [4.69, 9.17) is 4.74 Å². The molecule has 0 saturated carbocycles. The SMILES string of the molecule is CCCCOc1ccc(C(CC(=O)c2ccccn2)CC(=O)c2ccccn2)cc1. The van der Waals surface area contributed by atoms with Gasteiger partial charge in [-0.2, -0.15) is 0 Å². The van der Waals surface area contributed by atoms with E-state index in [1.165, 1.54) is 0 Å². The Balaban J connectivity index is 1.78. The molecular formula is C25H26N2O3. The molecule has 0 N–H and O–H groups in total. The van der Waals surface area contributed by atoms with Gasteiger partial charge in [-0.15, -0.1) is 0 Å². The summed E-state index contributed by atoms with van der Waals surface area (Å²) in [7, 11) is 0. The van der Waals surface area contributed by atoms with E-state index in [-0.39, 0.29) is 30.3 Å². The van der Waals surface area contributed by atoms with Crippen LogP contribution in [0, 0.1) is 0 Å². The van der Waals surface area contributed by atoms with E-state index >= 15 is 0 Å². The highest BCUT2D eigenvalue weighted by Gasteiger charge is 2.22. The maximum Gasteiger partial charge on any atom is 0.181 e. The Hall–Kier alpha value is -3.34. The van der Waals surface area contributed by atoms with Gasteiger partial charge >= 0.3 is 0 Å². The minimum atomic E-state index is -0.265. The van der Waals surface area contributed by atoms with Crippen LogP contribution in [-0.4, -0.2) is 28.1 Å². The molecule has 30 heavy (non-hydrogen) atoms. The zero-order valence-corrected chi connectivity index (χ0v) is 17.2. The van der Waals surface area contributed by atoms with Crippen LogP contribution < -0.4 is 4.74 Å². The second kappa shape index (κ2) is 11.0. The first-order valence-electron chi connectivity index (χ1n) is 10.3. The normalized spacial score (nSPS) is 10.7. The van der Waals surface area contributed by atoms with Crippen LogP contribution in [0.25, 0.3) is 0 Å². The van der Waals surface area contributed by atoms with Crippen LogP contribution in [0.2, 0.25) is 0 Å². The van der Waals surface area contributed by atoms with E-state index in [1.807, 2.05) is 24.3 Å². The second-order valence-corrected chi connectivity index (χ2v) is 7.15. The molecule has 0 aliphatic heterocycles. The van der Waals surface area contributed by atoms with Gasteiger partial charge in [-0.25, -0.2) is 0 Å². The second-order valence-electron chi connectivity index (χ2n) is 7.15. The van der Waals surface area contributed by atoms with E-state index in [9.17, 15) is 9.59 Å². The first-order chi connectivity index (χ1) is 14.7. The smallest absolute Gasteiger partial charge is 0.181 e. The third-order valence-corrected chi connectivity index (χ3v) is 4.88. The molecule has 0 aliphatic rings. The molecule has 0 spiro atoms. The lowest BCUT2D eigenvalue weighted by Gasteiger charge is -2.17. The summed E-state index contributed by atoms with van der Waals surface area (Å²) in [6.45, 7) is 2.80. The van der Waals surface area contributed by atoms with Crippen molar-refractivity contribution in [3.8, 4) is 5.75 Å². The predicted molar refractivity (Wildman–Crippen MR) is 116 cm³/mol. The number of carbonyl (C=O) groups is 2. The number of aromatic nitrogens is 2. The van der Waals surface area contributed by atoms with Gasteiger partial charge in [-0.1, -0.05) is 37.6 Å². The maximum absolute atomic E-state index is 12.8. The Labute approximate surface area is 177 Å². The Morgan fingerprint density at radius 2 is 1.40 bits per heavy atom. The fraction of sp³-hybridized carbons (Fsp3) is 0.280. The molecule has 0 radical (unpaired) electrons. The minimum absolute atomic E-state index is 0.0855. The molecule has 2 aromatic heterocycles. The molecule has 5 heteroatoms. The van der Waals surface area contributed by atoms with E-state index < -0.39 is 0 Å². The van der Waals surface area contributed by atoms with Crippen LogP contribution >= 0.6 is 0 Å². The van der Waals surface area contributed by atoms with Gasteiger partial charge < -0.3 is 4.74 Å². The van der Waals surface area contributed by atoms with Crippen molar-refractivity contribution < 1.29 is 14.3 Å². The lowest BCUT2D eigenvalue weighted by Crippen LogP contribution is -2.14. The highest BCUT2D eigenvalue weighted by atomic mass is 16.5. The number of unbranched alkanes of at least 4 members (excludes halogenated alkanes) is 1. The van der Waals surface area contributed by atoms with Crippen LogP contribution in [0.4, 0.5) is 0 Å². The van der Waals surface area contributed by atoms with Gasteiger partial charge in [-0.3, -0.25) is 19.6 Å². The molecule has 0 unspecified atom stereocenters. The molecule has 1 aromatic carbocycles. The molecule has 0 amide bonds. The maximum atomic E-state index is 12.8. The summed E-state index contributed by atoms with van der Waals surface area (Å²) in [6, 6.07) is 18.2. The number of Topliss-reactive ketones (excluding diaryl/α,β-unsaturated/α-hetero) is 2. The zero-order valence-electron chi connectivity index (χ0n) is 17.2. The van der Waals surface area contributed by atoms with Gasteiger partial charge in [0.05, 0.1) is 6.61 Å². The zero-order chi connectivity index (χ0) is 21.2. The summed E-state index contributed by atoms with van der Waals surface area (Å²) in [5.74, 6) is 0.354. The van der Waals surface area contributed by atoms with Gasteiger partial charge in [0, 0.05) is 25.2 Å². The first kappa shape index (κ1) is 21.4. The van der Waals surface area contributed by atoms with Crippen LogP contribution in [0.15, 0.2) is 73.1 Å². The van der Waals surface area contributed by atoms with Crippen molar-refractivity contribution in [1.29, 1.82) is 0 Å². The van der Waals surface area contributed by atoms with Gasteiger partial charge in [0.15, 0.2) is 11.6 Å². The summed E-state index contributed by atoms with van der Waals surface area (Å²) >= 11 is 0. The molecule has 2 heterocycles. The third-order valence-electron chi connectivity index (χ3n) is 4.88. The summed E-state index contributed by atoms with van der Waals surface area (Å²) < 4.78 is 5.73. The summed E-state index contributed by atoms with van der Waals surface area (Å²) in [5, 5.41) is 0. The van der Waals surface area contributed by atoms with Crippen LogP contribution in [0.5, 0.6) is 5.75 Å². The highest BCUT2D eigenvalue weighted by Crippen LogP contribution is 2.28. The van der Waals surface area contributed by atoms with Crippen LogP contribution in [0.1, 0.15) is 65.1 Å². The predicted octanol–water partition coefficient (Wildman–Crippen LogP) is 5.29. The minimum Gasteiger partial charge on any atom is -0.494 e. The standard InChI is InChI=1S/C25H26N2O3/c1-2-3-16-30-21-12-10-19(11-13-21)20(17-24(28)22-8-4-6-14-26-22)18-25(29)23-9-5-7-15-27-23/h4-15,20H,2-3,16-18H2,1H3. The van der Waals surface area contributed by atoms with Crippen molar-refractivity contribution in [3.63, 3.8) is 0 Å². The van der Waals surface area contributed by atoms with E-state index in [0.717, 1.165) is 24.2 Å². The van der Waals surface area contributed by atoms with Gasteiger partial charge in [0.2, 0.25) is 0 Å². The first-order valence-corrected chi connectivity index (χ1v) is 10.3. The van der Waals surface area contributed by atoms with Crippen molar-refractivity contribution in [1.82, 2.24) is 9.97 Å². The van der Waals surface area contributed by atoms with Crippen molar-refractivity contribution in [2.75, 3.05) is 6.61 Å². The number of ketones is 2. The number of nitrogens with zero attached hydrogens (tertiary/aromatic N) is 2. The molecule has 0 fully saturated rings. The third kappa shape index (κ3) is 6.08. The van der Waals surface area contributed by atoms with Crippen molar-refractivity contribution in [2.24, 2.45) is 0 Å². The molecule has 0 atom stereocenters. The van der Waals surface area contributed by atoms with Crippen molar-refractivity contribution in [2.45, 2.75) is 38.5 Å². The number of hydrogen-bond acceptors (Lipinski definition) is 5. The van der Waals surface area contributed by atoms with Gasteiger partial charge in [-0.05, 0) is 54.3 Å². The molecule has 3 aromatic rings. The Morgan fingerprint density at radius 1 is 0.833 bits per heavy atom.